The molecule has 7 nitrogen and oxygen atoms in total. The van der Waals surface area contributed by atoms with E-state index in [4.69, 9.17) is 4.74 Å². The molecule has 25 heavy (non-hydrogen) atoms. The van der Waals surface area contributed by atoms with Crippen molar-refractivity contribution in [1.29, 1.82) is 0 Å². The third-order valence-corrected chi connectivity index (χ3v) is 4.13. The lowest BCUT2D eigenvalue weighted by Gasteiger charge is -2.27. The van der Waals surface area contributed by atoms with Gasteiger partial charge >= 0.3 is 6.03 Å². The van der Waals surface area contributed by atoms with Crippen LogP contribution < -0.4 is 5.32 Å². The lowest BCUT2D eigenvalue weighted by atomic mass is 9.96. The third kappa shape index (κ3) is 6.25. The van der Waals surface area contributed by atoms with Crippen LogP contribution in [0.4, 0.5) is 10.5 Å². The fourth-order valence-electron chi connectivity index (χ4n) is 2.61. The Morgan fingerprint density at radius 2 is 1.96 bits per heavy atom. The third-order valence-electron chi connectivity index (χ3n) is 4.13. The van der Waals surface area contributed by atoms with Crippen LogP contribution in [0.15, 0.2) is 12.4 Å². The zero-order valence-corrected chi connectivity index (χ0v) is 16.1. The molecule has 0 bridgehead atoms. The number of nitrogens with zero attached hydrogens (tertiary/aromatic N) is 4. The van der Waals surface area contributed by atoms with Crippen molar-refractivity contribution >= 4 is 11.7 Å². The minimum absolute atomic E-state index is 0.111. The highest BCUT2D eigenvalue weighted by Crippen LogP contribution is 2.18. The molecule has 1 N–H and O–H groups in total. The molecule has 0 aromatic carbocycles. The number of rotatable bonds is 6. The Hall–Kier alpha value is -1.73. The van der Waals surface area contributed by atoms with Crippen molar-refractivity contribution in [1.82, 2.24) is 19.8 Å². The number of anilines is 1. The maximum Gasteiger partial charge on any atom is 0.322 e. The molecule has 0 spiro atoms. The number of likely N-dealkylation sites (N-methyl/N-ethyl adjacent to an activating group) is 1. The van der Waals surface area contributed by atoms with E-state index in [1.807, 2.05) is 19.0 Å². The molecule has 7 heteroatoms. The van der Waals surface area contributed by atoms with Gasteiger partial charge in [0.25, 0.3) is 0 Å². The molecule has 2 amide bonds. The van der Waals surface area contributed by atoms with Crippen LogP contribution in [-0.4, -0.2) is 72.2 Å². The van der Waals surface area contributed by atoms with E-state index in [1.54, 1.807) is 12.4 Å². The average Bonchev–Trinajstić information content (AvgIpc) is 3.03. The standard InChI is InChI=1S/C18H31N5O2/c1-18(2,3)16-19-11-14(12-20-16)21-17(24)23(9-8-22(4)5)13-15-7-6-10-25-15/h11-12,15H,6-10,13H2,1-5H3,(H,21,24)/t15-/m1/s1. The molecule has 1 aromatic rings. The zero-order chi connectivity index (χ0) is 18.4. The number of urea groups is 1. The molecule has 0 saturated carbocycles. The van der Waals surface area contributed by atoms with E-state index in [0.717, 1.165) is 31.8 Å². The Kier molecular flexibility index (Phi) is 6.72. The molecule has 140 valence electrons. The summed E-state index contributed by atoms with van der Waals surface area (Å²) < 4.78 is 5.68. The number of carbonyl (C=O) groups excluding carboxylic acids is 1. The van der Waals surface area contributed by atoms with Crippen molar-refractivity contribution in [2.45, 2.75) is 45.1 Å². The van der Waals surface area contributed by atoms with Gasteiger partial charge in [-0.25, -0.2) is 14.8 Å². The second-order valence-electron chi connectivity index (χ2n) is 7.86. The topological polar surface area (TPSA) is 70.6 Å². The predicted molar refractivity (Wildman–Crippen MR) is 98.9 cm³/mol. The number of aromatic nitrogens is 2. The highest BCUT2D eigenvalue weighted by Gasteiger charge is 2.23. The van der Waals surface area contributed by atoms with Crippen LogP contribution in [0.2, 0.25) is 0 Å². The molecule has 1 aliphatic rings. The van der Waals surface area contributed by atoms with E-state index >= 15 is 0 Å². The summed E-state index contributed by atoms with van der Waals surface area (Å²) in [5.41, 5.74) is 0.500. The van der Waals surface area contributed by atoms with Gasteiger partial charge in [-0.15, -0.1) is 0 Å². The first kappa shape index (κ1) is 19.6. The molecular formula is C18H31N5O2. The Bertz CT molecular complexity index is 548. The molecule has 1 fully saturated rings. The molecule has 0 unspecified atom stereocenters. The van der Waals surface area contributed by atoms with Gasteiger partial charge in [-0.2, -0.15) is 0 Å². The van der Waals surface area contributed by atoms with E-state index in [1.165, 1.54) is 0 Å². The summed E-state index contributed by atoms with van der Waals surface area (Å²) in [6.07, 6.45) is 5.54. The minimum Gasteiger partial charge on any atom is -0.376 e. The molecule has 1 saturated heterocycles. The van der Waals surface area contributed by atoms with Crippen LogP contribution in [0, 0.1) is 0 Å². The second kappa shape index (κ2) is 8.58. The van der Waals surface area contributed by atoms with E-state index in [9.17, 15) is 4.79 Å². The first-order chi connectivity index (χ1) is 11.8. The maximum atomic E-state index is 12.7. The molecule has 1 aliphatic heterocycles. The van der Waals surface area contributed by atoms with Crippen LogP contribution in [-0.2, 0) is 10.2 Å². The monoisotopic (exact) mass is 349 g/mol. The van der Waals surface area contributed by atoms with Gasteiger partial charge in [-0.1, -0.05) is 20.8 Å². The molecule has 2 heterocycles. The molecule has 0 radical (unpaired) electrons. The van der Waals surface area contributed by atoms with E-state index < -0.39 is 0 Å². The fraction of sp³-hybridized carbons (Fsp3) is 0.722. The zero-order valence-electron chi connectivity index (χ0n) is 16.1. The normalized spacial score (nSPS) is 17.8. The lowest BCUT2D eigenvalue weighted by Crippen LogP contribution is -2.43. The first-order valence-corrected chi connectivity index (χ1v) is 8.90. The molecule has 2 rings (SSSR count). The Morgan fingerprint density at radius 3 is 2.48 bits per heavy atom. The number of ether oxygens (including phenoxy) is 1. The quantitative estimate of drug-likeness (QED) is 0.854. The summed E-state index contributed by atoms with van der Waals surface area (Å²) in [4.78, 5) is 25.3. The molecular weight excluding hydrogens is 318 g/mol. The number of hydrogen-bond donors (Lipinski definition) is 1. The van der Waals surface area contributed by atoms with Gasteiger partial charge in [0.05, 0.1) is 24.2 Å². The summed E-state index contributed by atoms with van der Waals surface area (Å²) in [6, 6.07) is -0.135. The van der Waals surface area contributed by atoms with E-state index in [-0.39, 0.29) is 17.6 Å². The van der Waals surface area contributed by atoms with Crippen molar-refractivity contribution in [2.75, 3.05) is 45.7 Å². The van der Waals surface area contributed by atoms with E-state index in [2.05, 4.69) is 41.0 Å². The minimum atomic E-state index is -0.135. The smallest absolute Gasteiger partial charge is 0.322 e. The van der Waals surface area contributed by atoms with Crippen LogP contribution >= 0.6 is 0 Å². The van der Waals surface area contributed by atoms with Crippen molar-refractivity contribution in [3.8, 4) is 0 Å². The Balaban J connectivity index is 1.99. The summed E-state index contributed by atoms with van der Waals surface area (Å²) >= 11 is 0. The predicted octanol–water partition coefficient (Wildman–Crippen LogP) is 2.35. The van der Waals surface area contributed by atoms with Crippen LogP contribution in [0.1, 0.15) is 39.4 Å². The van der Waals surface area contributed by atoms with Gasteiger partial charge in [-0.05, 0) is 26.9 Å². The molecule has 1 aromatic heterocycles. The van der Waals surface area contributed by atoms with Gasteiger partial charge in [0.1, 0.15) is 5.82 Å². The summed E-state index contributed by atoms with van der Waals surface area (Å²) in [6.45, 7) is 9.04. The van der Waals surface area contributed by atoms with Gasteiger partial charge in [0.15, 0.2) is 0 Å². The Labute approximate surface area is 150 Å². The van der Waals surface area contributed by atoms with Gasteiger partial charge in [0, 0.05) is 31.7 Å². The molecule has 1 atom stereocenters. The first-order valence-electron chi connectivity index (χ1n) is 8.90. The molecule has 0 aliphatic carbocycles. The Morgan fingerprint density at radius 1 is 1.28 bits per heavy atom. The van der Waals surface area contributed by atoms with Crippen molar-refractivity contribution in [3.63, 3.8) is 0 Å². The highest BCUT2D eigenvalue weighted by molar-refractivity contribution is 5.89. The lowest BCUT2D eigenvalue weighted by molar-refractivity contribution is 0.0820. The highest BCUT2D eigenvalue weighted by atomic mass is 16.5. The van der Waals surface area contributed by atoms with Gasteiger partial charge in [-0.3, -0.25) is 0 Å². The number of hydrogen-bond acceptors (Lipinski definition) is 5. The van der Waals surface area contributed by atoms with Gasteiger partial charge in [0.2, 0.25) is 0 Å². The van der Waals surface area contributed by atoms with Crippen LogP contribution in [0.3, 0.4) is 0 Å². The number of nitrogens with one attached hydrogen (secondary N) is 1. The van der Waals surface area contributed by atoms with Crippen LogP contribution in [0.5, 0.6) is 0 Å². The summed E-state index contributed by atoms with van der Waals surface area (Å²) in [5, 5.41) is 2.91. The van der Waals surface area contributed by atoms with Gasteiger partial charge < -0.3 is 19.9 Å². The average molecular weight is 349 g/mol. The fourth-order valence-corrected chi connectivity index (χ4v) is 2.61. The second-order valence-corrected chi connectivity index (χ2v) is 7.86. The summed E-state index contributed by atoms with van der Waals surface area (Å²) in [7, 11) is 4.00. The van der Waals surface area contributed by atoms with E-state index in [0.29, 0.717) is 18.8 Å². The van der Waals surface area contributed by atoms with Crippen molar-refractivity contribution in [3.05, 3.63) is 18.2 Å². The summed E-state index contributed by atoms with van der Waals surface area (Å²) in [5.74, 6) is 0.759. The number of carbonyl (C=O) groups is 1. The van der Waals surface area contributed by atoms with Crippen LogP contribution in [0.25, 0.3) is 0 Å². The van der Waals surface area contributed by atoms with Crippen molar-refractivity contribution in [2.24, 2.45) is 0 Å². The largest absolute Gasteiger partial charge is 0.376 e. The van der Waals surface area contributed by atoms with Crippen molar-refractivity contribution < 1.29 is 9.53 Å². The SMILES string of the molecule is CN(C)CCN(C[C@H]1CCCO1)C(=O)Nc1cnc(C(C)(C)C)nc1. The maximum absolute atomic E-state index is 12.7. The number of amides is 2.